The minimum Gasteiger partial charge on any atom is -0.386 e. The summed E-state index contributed by atoms with van der Waals surface area (Å²) in [5.41, 5.74) is 3.63. The number of carbonyl (C=O) groups is 2. The molecule has 144 valence electrons. The van der Waals surface area contributed by atoms with Gasteiger partial charge < -0.3 is 4.74 Å². The second-order valence-electron chi connectivity index (χ2n) is 10.8. The van der Waals surface area contributed by atoms with Crippen molar-refractivity contribution < 1.29 is 14.3 Å². The minimum absolute atomic E-state index is 0.156. The quantitative estimate of drug-likeness (QED) is 0.456. The van der Waals surface area contributed by atoms with Gasteiger partial charge in [0, 0.05) is 10.7 Å². The third kappa shape index (κ3) is 1.37. The van der Waals surface area contributed by atoms with E-state index in [1.807, 2.05) is 18.7 Å². The molecule has 0 aromatic rings. The highest BCUT2D eigenvalue weighted by Gasteiger charge is 2.76. The molecule has 0 aromatic heterocycles. The molecule has 7 saturated carbocycles. The largest absolute Gasteiger partial charge is 0.386 e. The second kappa shape index (κ2) is 4.55. The Kier molecular flexibility index (Phi) is 2.53. The molecule has 10 rings (SSSR count). The summed E-state index contributed by atoms with van der Waals surface area (Å²) in [7, 11) is 0. The summed E-state index contributed by atoms with van der Waals surface area (Å²) in [6.07, 6.45) is 9.01. The van der Waals surface area contributed by atoms with Gasteiger partial charge in [-0.3, -0.25) is 0 Å². The highest BCUT2D eigenvalue weighted by atomic mass is 32.2. The number of hydrogen-bond donors (Lipinski definition) is 0. The van der Waals surface area contributed by atoms with E-state index in [2.05, 4.69) is 11.5 Å². The standard InChI is InChI=1S/C24H24O3S/c1-9-12-2-3-28-21(12)24(20-18(9)22(25)27-23(20)26)11-7-14-13-4-10-5-16(14)19(24)17(6-10)15(13)8-11/h2-3,10-11,13-17,19,21H,4-8H2,1H3/t10?,11?,13?,14-,15?,16?,17?,19?,21+,24+/m0/s1. The molecule has 8 aliphatic carbocycles. The van der Waals surface area contributed by atoms with Crippen LogP contribution in [0.1, 0.15) is 39.0 Å². The van der Waals surface area contributed by atoms with Crippen molar-refractivity contribution in [2.24, 2.45) is 52.8 Å². The summed E-state index contributed by atoms with van der Waals surface area (Å²) in [6.45, 7) is 2.03. The Bertz CT molecular complexity index is 964. The Labute approximate surface area is 169 Å². The fourth-order valence-corrected chi connectivity index (χ4v) is 11.7. The molecule has 3 nitrogen and oxygen atoms in total. The first-order valence-electron chi connectivity index (χ1n) is 11.1. The Morgan fingerprint density at radius 2 is 1.64 bits per heavy atom. The molecule has 10 atom stereocenters. The summed E-state index contributed by atoms with van der Waals surface area (Å²) in [5.74, 6) is 5.67. The maximum absolute atomic E-state index is 13.2. The molecule has 7 unspecified atom stereocenters. The fourth-order valence-electron chi connectivity index (χ4n) is 10.3. The SMILES string of the molecule is CC1=C2C=CS[C@H]2[C@]2(C3=C1C(=O)OC3=O)C1CC3C4CC5CC3[C@H](C1)C(C5)C42. The molecule has 2 aliphatic heterocycles. The van der Waals surface area contributed by atoms with Gasteiger partial charge in [0.25, 0.3) is 0 Å². The number of rotatable bonds is 0. The molecular weight excluding hydrogens is 368 g/mol. The van der Waals surface area contributed by atoms with Crippen molar-refractivity contribution in [2.45, 2.75) is 44.3 Å². The Balaban J connectivity index is 1.44. The van der Waals surface area contributed by atoms with Crippen molar-refractivity contribution in [3.63, 3.8) is 0 Å². The lowest BCUT2D eigenvalue weighted by Gasteiger charge is -2.76. The van der Waals surface area contributed by atoms with E-state index in [4.69, 9.17) is 4.74 Å². The molecule has 0 amide bonds. The smallest absolute Gasteiger partial charge is 0.346 e. The predicted octanol–water partition coefficient (Wildman–Crippen LogP) is 4.26. The Morgan fingerprint density at radius 1 is 0.964 bits per heavy atom. The number of carbonyl (C=O) groups excluding carboxylic acids is 2. The number of fused-ring (bicyclic) bond motifs is 1. The van der Waals surface area contributed by atoms with E-state index in [1.165, 1.54) is 37.7 Å². The van der Waals surface area contributed by atoms with Gasteiger partial charge in [-0.1, -0.05) is 6.08 Å². The second-order valence-corrected chi connectivity index (χ2v) is 11.9. The molecule has 7 fully saturated rings. The summed E-state index contributed by atoms with van der Waals surface area (Å²) in [5, 5.41) is 2.54. The topological polar surface area (TPSA) is 43.4 Å². The van der Waals surface area contributed by atoms with Gasteiger partial charge in [0.2, 0.25) is 0 Å². The van der Waals surface area contributed by atoms with E-state index in [9.17, 15) is 9.59 Å². The van der Waals surface area contributed by atoms with E-state index in [0.29, 0.717) is 22.7 Å². The summed E-state index contributed by atoms with van der Waals surface area (Å²) in [4.78, 5) is 26.0. The third-order valence-electron chi connectivity index (χ3n) is 10.5. The number of ether oxygens (including phenoxy) is 1. The molecule has 8 bridgehead atoms. The molecule has 0 N–H and O–H groups in total. The first-order valence-corrected chi connectivity index (χ1v) is 12.1. The van der Waals surface area contributed by atoms with Gasteiger partial charge in [-0.05, 0) is 103 Å². The van der Waals surface area contributed by atoms with Crippen LogP contribution < -0.4 is 0 Å². The van der Waals surface area contributed by atoms with E-state index in [0.717, 1.165) is 46.7 Å². The van der Waals surface area contributed by atoms with Crippen molar-refractivity contribution in [1.82, 2.24) is 0 Å². The molecule has 4 heteroatoms. The average molecular weight is 393 g/mol. The van der Waals surface area contributed by atoms with Gasteiger partial charge >= 0.3 is 11.9 Å². The maximum atomic E-state index is 13.2. The summed E-state index contributed by atoms with van der Waals surface area (Å²) < 4.78 is 5.31. The third-order valence-corrected chi connectivity index (χ3v) is 11.8. The molecule has 10 aliphatic rings. The van der Waals surface area contributed by atoms with Crippen LogP contribution in [0.2, 0.25) is 0 Å². The number of thioether (sulfide) groups is 1. The Morgan fingerprint density at radius 3 is 2.39 bits per heavy atom. The molecule has 2 heterocycles. The first-order chi connectivity index (χ1) is 13.6. The predicted molar refractivity (Wildman–Crippen MR) is 105 cm³/mol. The molecule has 0 aromatic carbocycles. The molecule has 28 heavy (non-hydrogen) atoms. The highest BCUT2D eigenvalue weighted by Crippen LogP contribution is 2.80. The monoisotopic (exact) mass is 392 g/mol. The van der Waals surface area contributed by atoms with Gasteiger partial charge in [0.1, 0.15) is 0 Å². The van der Waals surface area contributed by atoms with Crippen molar-refractivity contribution in [3.05, 3.63) is 33.8 Å². The Hall–Kier alpha value is -1.29. The lowest BCUT2D eigenvalue weighted by Crippen LogP contribution is -2.72. The van der Waals surface area contributed by atoms with Crippen molar-refractivity contribution in [2.75, 3.05) is 0 Å². The van der Waals surface area contributed by atoms with Crippen molar-refractivity contribution in [3.8, 4) is 0 Å². The molecule has 1 spiro atoms. The zero-order chi connectivity index (χ0) is 18.5. The van der Waals surface area contributed by atoms with Crippen LogP contribution in [-0.2, 0) is 14.3 Å². The van der Waals surface area contributed by atoms with Crippen LogP contribution in [0.3, 0.4) is 0 Å². The number of hydrogen-bond acceptors (Lipinski definition) is 4. The summed E-state index contributed by atoms with van der Waals surface area (Å²) >= 11 is 1.92. The fraction of sp³-hybridized carbons (Fsp3) is 0.667. The zero-order valence-electron chi connectivity index (χ0n) is 16.0. The molecule has 0 saturated heterocycles. The van der Waals surface area contributed by atoms with Crippen LogP contribution in [0, 0.1) is 52.8 Å². The van der Waals surface area contributed by atoms with E-state index in [1.54, 1.807) is 0 Å². The number of cyclic esters (lactones) is 2. The van der Waals surface area contributed by atoms with Crippen LogP contribution in [0.25, 0.3) is 0 Å². The lowest BCUT2D eigenvalue weighted by atomic mass is 9.28. The van der Waals surface area contributed by atoms with Gasteiger partial charge in [-0.25, -0.2) is 9.59 Å². The first kappa shape index (κ1) is 15.5. The maximum Gasteiger partial charge on any atom is 0.346 e. The summed E-state index contributed by atoms with van der Waals surface area (Å²) in [6, 6.07) is 0. The average Bonchev–Trinajstić information content (AvgIpc) is 3.29. The van der Waals surface area contributed by atoms with Crippen LogP contribution in [0.15, 0.2) is 33.8 Å². The number of allylic oxidation sites excluding steroid dienone is 1. The van der Waals surface area contributed by atoms with Gasteiger partial charge in [0.15, 0.2) is 0 Å². The van der Waals surface area contributed by atoms with Crippen molar-refractivity contribution >= 4 is 23.7 Å². The van der Waals surface area contributed by atoms with Gasteiger partial charge in [-0.2, -0.15) is 0 Å². The van der Waals surface area contributed by atoms with Gasteiger partial charge in [0.05, 0.1) is 11.1 Å². The van der Waals surface area contributed by atoms with E-state index < -0.39 is 0 Å². The normalized spacial score (nSPS) is 56.4. The molecule has 0 radical (unpaired) electrons. The zero-order valence-corrected chi connectivity index (χ0v) is 16.8. The van der Waals surface area contributed by atoms with Crippen molar-refractivity contribution in [1.29, 1.82) is 0 Å². The van der Waals surface area contributed by atoms with Crippen LogP contribution >= 0.6 is 11.8 Å². The van der Waals surface area contributed by atoms with Crippen LogP contribution in [0.4, 0.5) is 0 Å². The lowest BCUT2D eigenvalue weighted by molar-refractivity contribution is -0.253. The highest BCUT2D eigenvalue weighted by molar-refractivity contribution is 8.03. The van der Waals surface area contributed by atoms with Gasteiger partial charge in [-0.15, -0.1) is 11.8 Å². The number of esters is 2. The molecular formula is C24H24O3S. The minimum atomic E-state index is -0.380. The van der Waals surface area contributed by atoms with Crippen LogP contribution in [0.5, 0.6) is 0 Å². The van der Waals surface area contributed by atoms with E-state index >= 15 is 0 Å². The van der Waals surface area contributed by atoms with E-state index in [-0.39, 0.29) is 17.4 Å². The van der Waals surface area contributed by atoms with Crippen LogP contribution in [-0.4, -0.2) is 17.2 Å².